The molecule has 2 rings (SSSR count). The molecule has 0 aliphatic rings. The number of nitrogens with zero attached hydrogens (tertiary/aromatic N) is 1. The number of benzene rings is 1. The molecule has 1 atom stereocenters. The SMILES string of the molecule is C=CCC(NC(=O)OC(C)(C)C)c1cc(Br)c2ccccc2n1. The lowest BCUT2D eigenvalue weighted by Gasteiger charge is -2.23. The Morgan fingerprint density at radius 2 is 2.13 bits per heavy atom. The summed E-state index contributed by atoms with van der Waals surface area (Å²) in [6.07, 6.45) is 1.86. The minimum Gasteiger partial charge on any atom is -0.444 e. The molecule has 0 spiro atoms. The molecule has 0 radical (unpaired) electrons. The second-order valence-electron chi connectivity index (χ2n) is 6.27. The Balaban J connectivity index is 2.30. The average molecular weight is 377 g/mol. The number of carbonyl (C=O) groups excluding carboxylic acids is 1. The van der Waals surface area contributed by atoms with Crippen LogP contribution in [-0.4, -0.2) is 16.7 Å². The van der Waals surface area contributed by atoms with Crippen molar-refractivity contribution >= 4 is 32.9 Å². The zero-order chi connectivity index (χ0) is 17.0. The summed E-state index contributed by atoms with van der Waals surface area (Å²) in [7, 11) is 0. The molecule has 0 bridgehead atoms. The van der Waals surface area contributed by atoms with E-state index in [0.717, 1.165) is 21.1 Å². The maximum absolute atomic E-state index is 12.1. The summed E-state index contributed by atoms with van der Waals surface area (Å²) in [6, 6.07) is 9.49. The first kappa shape index (κ1) is 17.5. The molecule has 122 valence electrons. The number of fused-ring (bicyclic) bond motifs is 1. The summed E-state index contributed by atoms with van der Waals surface area (Å²) in [6.45, 7) is 9.26. The van der Waals surface area contributed by atoms with Crippen molar-refractivity contribution in [2.45, 2.75) is 38.8 Å². The fourth-order valence-corrected chi connectivity index (χ4v) is 2.77. The number of alkyl carbamates (subject to hydrolysis) is 1. The van der Waals surface area contributed by atoms with Gasteiger partial charge in [0.05, 0.1) is 17.3 Å². The first-order valence-corrected chi connectivity index (χ1v) is 8.25. The third kappa shape index (κ3) is 4.79. The Labute approximate surface area is 145 Å². The van der Waals surface area contributed by atoms with Crippen molar-refractivity contribution in [2.24, 2.45) is 0 Å². The van der Waals surface area contributed by atoms with Gasteiger partial charge in [0.25, 0.3) is 0 Å². The van der Waals surface area contributed by atoms with Crippen molar-refractivity contribution in [1.29, 1.82) is 0 Å². The fraction of sp³-hybridized carbons (Fsp3) is 0.333. The van der Waals surface area contributed by atoms with Crippen molar-refractivity contribution in [3.8, 4) is 0 Å². The van der Waals surface area contributed by atoms with Crippen LogP contribution >= 0.6 is 15.9 Å². The number of pyridine rings is 1. The standard InChI is InChI=1S/C18H21BrN2O2/c1-5-8-15(21-17(22)23-18(2,3)4)16-11-13(19)12-9-6-7-10-14(12)20-16/h5-7,9-11,15H,1,8H2,2-4H3,(H,21,22). The van der Waals surface area contributed by atoms with Crippen LogP contribution in [0.15, 0.2) is 47.5 Å². The highest BCUT2D eigenvalue weighted by Gasteiger charge is 2.21. The average Bonchev–Trinajstić information content (AvgIpc) is 2.45. The van der Waals surface area contributed by atoms with Crippen molar-refractivity contribution in [2.75, 3.05) is 0 Å². The van der Waals surface area contributed by atoms with Gasteiger partial charge in [-0.1, -0.05) is 40.2 Å². The van der Waals surface area contributed by atoms with Gasteiger partial charge < -0.3 is 10.1 Å². The summed E-state index contributed by atoms with van der Waals surface area (Å²) in [4.78, 5) is 16.7. The lowest BCUT2D eigenvalue weighted by Crippen LogP contribution is -2.35. The Bertz CT molecular complexity index is 723. The highest BCUT2D eigenvalue weighted by Crippen LogP contribution is 2.27. The highest BCUT2D eigenvalue weighted by atomic mass is 79.9. The Morgan fingerprint density at radius 1 is 1.43 bits per heavy atom. The molecule has 0 saturated carbocycles. The number of aromatic nitrogens is 1. The number of carbonyl (C=O) groups is 1. The van der Waals surface area contributed by atoms with E-state index in [1.165, 1.54) is 0 Å². The number of para-hydroxylation sites is 1. The molecule has 0 aliphatic carbocycles. The largest absolute Gasteiger partial charge is 0.444 e. The maximum atomic E-state index is 12.1. The number of nitrogens with one attached hydrogen (secondary N) is 1. The lowest BCUT2D eigenvalue weighted by atomic mass is 10.1. The number of halogens is 1. The van der Waals surface area contributed by atoms with E-state index in [-0.39, 0.29) is 6.04 Å². The molecule has 4 nitrogen and oxygen atoms in total. The zero-order valence-electron chi connectivity index (χ0n) is 13.6. The van der Waals surface area contributed by atoms with E-state index in [1.807, 2.05) is 51.1 Å². The molecule has 23 heavy (non-hydrogen) atoms. The van der Waals surface area contributed by atoms with Crippen LogP contribution in [0.2, 0.25) is 0 Å². The lowest BCUT2D eigenvalue weighted by molar-refractivity contribution is 0.0503. The van der Waals surface area contributed by atoms with Crippen LogP contribution in [0.25, 0.3) is 10.9 Å². The maximum Gasteiger partial charge on any atom is 0.408 e. The van der Waals surface area contributed by atoms with Gasteiger partial charge in [0.15, 0.2) is 0 Å². The summed E-state index contributed by atoms with van der Waals surface area (Å²) in [5, 5.41) is 3.90. The summed E-state index contributed by atoms with van der Waals surface area (Å²) in [5.74, 6) is 0. The van der Waals surface area contributed by atoms with E-state index >= 15 is 0 Å². The molecule has 1 N–H and O–H groups in total. The fourth-order valence-electron chi connectivity index (χ4n) is 2.20. The topological polar surface area (TPSA) is 51.2 Å². The number of ether oxygens (including phenoxy) is 1. The summed E-state index contributed by atoms with van der Waals surface area (Å²) < 4.78 is 6.27. The molecular weight excluding hydrogens is 356 g/mol. The van der Waals surface area contributed by atoms with Gasteiger partial charge in [0, 0.05) is 9.86 Å². The predicted molar refractivity (Wildman–Crippen MR) is 96.4 cm³/mol. The molecule has 2 aromatic rings. The first-order valence-electron chi connectivity index (χ1n) is 7.46. The monoisotopic (exact) mass is 376 g/mol. The minimum atomic E-state index is -0.541. The van der Waals surface area contributed by atoms with Gasteiger partial charge in [-0.05, 0) is 39.3 Å². The summed E-state index contributed by atoms with van der Waals surface area (Å²) >= 11 is 3.57. The Morgan fingerprint density at radius 3 is 2.78 bits per heavy atom. The van der Waals surface area contributed by atoms with Crippen LogP contribution in [0.5, 0.6) is 0 Å². The molecule has 1 unspecified atom stereocenters. The Hall–Kier alpha value is -1.88. The van der Waals surface area contributed by atoms with E-state index in [9.17, 15) is 4.79 Å². The Kier molecular flexibility index (Phi) is 5.42. The van der Waals surface area contributed by atoms with Crippen LogP contribution in [0.3, 0.4) is 0 Å². The third-order valence-corrected chi connectivity index (χ3v) is 3.79. The highest BCUT2D eigenvalue weighted by molar-refractivity contribution is 9.10. The molecule has 0 saturated heterocycles. The smallest absolute Gasteiger partial charge is 0.408 e. The first-order chi connectivity index (χ1) is 10.8. The molecule has 5 heteroatoms. The van der Waals surface area contributed by atoms with Crippen molar-refractivity contribution in [1.82, 2.24) is 10.3 Å². The van der Waals surface area contributed by atoms with Crippen molar-refractivity contribution < 1.29 is 9.53 Å². The van der Waals surface area contributed by atoms with Crippen LogP contribution in [0, 0.1) is 0 Å². The van der Waals surface area contributed by atoms with Crippen molar-refractivity contribution in [3.05, 3.63) is 53.2 Å². The van der Waals surface area contributed by atoms with Gasteiger partial charge in [-0.25, -0.2) is 4.79 Å². The van der Waals surface area contributed by atoms with Gasteiger partial charge >= 0.3 is 6.09 Å². The third-order valence-electron chi connectivity index (χ3n) is 3.14. The van der Waals surface area contributed by atoms with Gasteiger partial charge in [-0.2, -0.15) is 0 Å². The van der Waals surface area contributed by atoms with Gasteiger partial charge in [0.1, 0.15) is 5.60 Å². The van der Waals surface area contributed by atoms with Crippen LogP contribution in [-0.2, 0) is 4.74 Å². The molecular formula is C18H21BrN2O2. The van der Waals surface area contributed by atoms with E-state index in [2.05, 4.69) is 32.8 Å². The van der Waals surface area contributed by atoms with Crippen LogP contribution in [0.4, 0.5) is 4.79 Å². The number of amides is 1. The number of rotatable bonds is 4. The zero-order valence-corrected chi connectivity index (χ0v) is 15.2. The second kappa shape index (κ2) is 7.13. The van der Waals surface area contributed by atoms with Crippen LogP contribution < -0.4 is 5.32 Å². The molecule has 1 aromatic carbocycles. The molecule has 1 heterocycles. The van der Waals surface area contributed by atoms with Crippen molar-refractivity contribution in [3.63, 3.8) is 0 Å². The second-order valence-corrected chi connectivity index (χ2v) is 7.12. The molecule has 1 aromatic heterocycles. The molecule has 1 amide bonds. The van der Waals surface area contributed by atoms with Gasteiger partial charge in [-0.15, -0.1) is 6.58 Å². The van der Waals surface area contributed by atoms with E-state index in [0.29, 0.717) is 6.42 Å². The minimum absolute atomic E-state index is 0.289. The number of hydrogen-bond acceptors (Lipinski definition) is 3. The van der Waals surface area contributed by atoms with E-state index in [4.69, 9.17) is 4.74 Å². The quantitative estimate of drug-likeness (QED) is 0.751. The van der Waals surface area contributed by atoms with E-state index in [1.54, 1.807) is 6.08 Å². The van der Waals surface area contributed by atoms with Crippen LogP contribution in [0.1, 0.15) is 38.9 Å². The molecule has 0 fully saturated rings. The summed E-state index contributed by atoms with van der Waals surface area (Å²) in [5.41, 5.74) is 1.10. The predicted octanol–water partition coefficient (Wildman–Crippen LogP) is 5.14. The van der Waals surface area contributed by atoms with E-state index < -0.39 is 11.7 Å². The normalized spacial score (nSPS) is 12.7. The molecule has 0 aliphatic heterocycles. The number of hydrogen-bond donors (Lipinski definition) is 1. The van der Waals surface area contributed by atoms with Gasteiger partial charge in [0.2, 0.25) is 0 Å². The van der Waals surface area contributed by atoms with Gasteiger partial charge in [-0.3, -0.25) is 4.98 Å².